The first kappa shape index (κ1) is 14.0. The Labute approximate surface area is 106 Å². The van der Waals surface area contributed by atoms with Crippen LogP contribution in [-0.2, 0) is 21.4 Å². The van der Waals surface area contributed by atoms with Gasteiger partial charge in [0.2, 0.25) is 5.91 Å². The Morgan fingerprint density at radius 3 is 2.83 bits per heavy atom. The van der Waals surface area contributed by atoms with E-state index >= 15 is 0 Å². The van der Waals surface area contributed by atoms with E-state index in [1.807, 2.05) is 0 Å². The van der Waals surface area contributed by atoms with E-state index in [-0.39, 0.29) is 12.5 Å². The smallest absolute Gasteiger partial charge is 0.325 e. The molecular weight excluding hydrogens is 234 g/mol. The molecule has 0 N–H and O–H groups in total. The number of carbonyl (C=O) groups excluding carboxylic acids is 2. The standard InChI is InChI=1S/C12H17N3O3/c1-4-18-12(17)9-14(2)11(16)6-5-10-7-8-13-15(10)3/h5-8H,4,9H2,1-3H3. The van der Waals surface area contributed by atoms with Gasteiger partial charge in [-0.05, 0) is 19.1 Å². The van der Waals surface area contributed by atoms with Crippen LogP contribution in [0.5, 0.6) is 0 Å². The van der Waals surface area contributed by atoms with Crippen molar-refractivity contribution in [2.24, 2.45) is 7.05 Å². The van der Waals surface area contributed by atoms with Gasteiger partial charge in [0, 0.05) is 26.4 Å². The normalized spacial score (nSPS) is 10.6. The van der Waals surface area contributed by atoms with Gasteiger partial charge in [-0.1, -0.05) is 0 Å². The van der Waals surface area contributed by atoms with Crippen molar-refractivity contribution in [2.75, 3.05) is 20.2 Å². The van der Waals surface area contributed by atoms with Gasteiger partial charge in [-0.25, -0.2) is 0 Å². The summed E-state index contributed by atoms with van der Waals surface area (Å²) in [5.74, 6) is -0.675. The third kappa shape index (κ3) is 4.04. The van der Waals surface area contributed by atoms with Crippen LogP contribution in [0.4, 0.5) is 0 Å². The van der Waals surface area contributed by atoms with Crippen molar-refractivity contribution in [3.05, 3.63) is 24.0 Å². The Kier molecular flexibility index (Phi) is 5.10. The zero-order valence-corrected chi connectivity index (χ0v) is 10.8. The predicted octanol–water partition coefficient (Wildman–Crippen LogP) is 0.455. The fourth-order valence-electron chi connectivity index (χ4n) is 1.31. The molecule has 6 nitrogen and oxygen atoms in total. The Hall–Kier alpha value is -2.11. The summed E-state index contributed by atoms with van der Waals surface area (Å²) >= 11 is 0. The first-order valence-corrected chi connectivity index (χ1v) is 5.61. The Morgan fingerprint density at radius 1 is 1.56 bits per heavy atom. The van der Waals surface area contributed by atoms with Crippen LogP contribution < -0.4 is 0 Å². The number of hydrogen-bond donors (Lipinski definition) is 0. The summed E-state index contributed by atoms with van der Waals surface area (Å²) < 4.78 is 6.41. The lowest BCUT2D eigenvalue weighted by molar-refractivity contribution is -0.146. The van der Waals surface area contributed by atoms with Crippen LogP contribution in [0, 0.1) is 0 Å². The maximum absolute atomic E-state index is 11.7. The number of aryl methyl sites for hydroxylation is 1. The molecule has 1 heterocycles. The van der Waals surface area contributed by atoms with Crippen LogP contribution in [0.2, 0.25) is 0 Å². The molecule has 0 atom stereocenters. The van der Waals surface area contributed by atoms with Gasteiger partial charge in [-0.15, -0.1) is 0 Å². The molecule has 1 amide bonds. The topological polar surface area (TPSA) is 64.4 Å². The lowest BCUT2D eigenvalue weighted by atomic mass is 10.3. The lowest BCUT2D eigenvalue weighted by Crippen LogP contribution is -2.31. The zero-order chi connectivity index (χ0) is 13.5. The number of aromatic nitrogens is 2. The first-order chi connectivity index (χ1) is 8.54. The highest BCUT2D eigenvalue weighted by molar-refractivity contribution is 5.93. The summed E-state index contributed by atoms with van der Waals surface area (Å²) in [7, 11) is 3.33. The quantitative estimate of drug-likeness (QED) is 0.563. The molecule has 18 heavy (non-hydrogen) atoms. The Bertz CT molecular complexity index is 451. The van der Waals surface area contributed by atoms with E-state index in [0.717, 1.165) is 5.69 Å². The number of amides is 1. The first-order valence-electron chi connectivity index (χ1n) is 5.61. The number of rotatable bonds is 5. The fraction of sp³-hybridized carbons (Fsp3) is 0.417. The molecular formula is C12H17N3O3. The minimum absolute atomic E-state index is 0.0532. The zero-order valence-electron chi connectivity index (χ0n) is 10.8. The van der Waals surface area contributed by atoms with Crippen molar-refractivity contribution in [3.8, 4) is 0 Å². The number of carbonyl (C=O) groups is 2. The van der Waals surface area contributed by atoms with Crippen molar-refractivity contribution >= 4 is 18.0 Å². The van der Waals surface area contributed by atoms with E-state index in [0.29, 0.717) is 6.61 Å². The third-order valence-electron chi connectivity index (χ3n) is 2.30. The van der Waals surface area contributed by atoms with Crippen LogP contribution in [-0.4, -0.2) is 46.8 Å². The average molecular weight is 251 g/mol. The average Bonchev–Trinajstić information content (AvgIpc) is 2.72. The monoisotopic (exact) mass is 251 g/mol. The van der Waals surface area contributed by atoms with Crippen LogP contribution in [0.25, 0.3) is 6.08 Å². The van der Waals surface area contributed by atoms with E-state index in [2.05, 4.69) is 5.10 Å². The summed E-state index contributed by atoms with van der Waals surface area (Å²) in [5.41, 5.74) is 0.813. The maximum Gasteiger partial charge on any atom is 0.325 e. The van der Waals surface area contributed by atoms with Crippen LogP contribution in [0.1, 0.15) is 12.6 Å². The summed E-state index contributed by atoms with van der Waals surface area (Å²) in [6.07, 6.45) is 4.69. The van der Waals surface area contributed by atoms with Crippen molar-refractivity contribution in [1.29, 1.82) is 0 Å². The molecule has 0 saturated carbocycles. The van der Waals surface area contributed by atoms with E-state index in [1.165, 1.54) is 11.0 Å². The third-order valence-corrected chi connectivity index (χ3v) is 2.30. The molecule has 1 aromatic rings. The molecule has 0 saturated heterocycles. The predicted molar refractivity (Wildman–Crippen MR) is 66.5 cm³/mol. The number of hydrogen-bond acceptors (Lipinski definition) is 4. The lowest BCUT2D eigenvalue weighted by Gasteiger charge is -2.13. The molecule has 98 valence electrons. The van der Waals surface area contributed by atoms with Gasteiger partial charge >= 0.3 is 5.97 Å². The minimum Gasteiger partial charge on any atom is -0.465 e. The van der Waals surface area contributed by atoms with Gasteiger partial charge in [0.1, 0.15) is 6.54 Å². The van der Waals surface area contributed by atoms with Crippen molar-refractivity contribution in [3.63, 3.8) is 0 Å². The van der Waals surface area contributed by atoms with Crippen LogP contribution in [0.3, 0.4) is 0 Å². The highest BCUT2D eigenvalue weighted by Gasteiger charge is 2.10. The van der Waals surface area contributed by atoms with E-state index < -0.39 is 5.97 Å². The fourth-order valence-corrected chi connectivity index (χ4v) is 1.31. The van der Waals surface area contributed by atoms with Gasteiger partial charge < -0.3 is 9.64 Å². The van der Waals surface area contributed by atoms with E-state index in [1.54, 1.807) is 44.0 Å². The summed E-state index contributed by atoms with van der Waals surface area (Å²) in [6.45, 7) is 1.98. The summed E-state index contributed by atoms with van der Waals surface area (Å²) in [5, 5.41) is 3.98. The van der Waals surface area contributed by atoms with E-state index in [4.69, 9.17) is 4.74 Å². The molecule has 0 spiro atoms. The highest BCUT2D eigenvalue weighted by atomic mass is 16.5. The maximum atomic E-state index is 11.7. The number of nitrogens with zero attached hydrogens (tertiary/aromatic N) is 3. The minimum atomic E-state index is -0.415. The molecule has 0 fully saturated rings. The molecule has 0 unspecified atom stereocenters. The molecule has 0 aliphatic rings. The van der Waals surface area contributed by atoms with Crippen LogP contribution in [0.15, 0.2) is 18.3 Å². The van der Waals surface area contributed by atoms with E-state index in [9.17, 15) is 9.59 Å². The molecule has 0 aromatic carbocycles. The van der Waals surface area contributed by atoms with Gasteiger partial charge in [-0.3, -0.25) is 14.3 Å². The highest BCUT2D eigenvalue weighted by Crippen LogP contribution is 2.00. The van der Waals surface area contributed by atoms with Crippen molar-refractivity contribution in [1.82, 2.24) is 14.7 Å². The van der Waals surface area contributed by atoms with Gasteiger partial charge in [-0.2, -0.15) is 5.10 Å². The second-order valence-corrected chi connectivity index (χ2v) is 3.71. The largest absolute Gasteiger partial charge is 0.465 e. The molecule has 0 radical (unpaired) electrons. The summed E-state index contributed by atoms with van der Waals surface area (Å²) in [6, 6.07) is 1.79. The Balaban J connectivity index is 2.52. The number of likely N-dealkylation sites (N-methyl/N-ethyl adjacent to an activating group) is 1. The molecule has 1 rings (SSSR count). The molecule has 1 aromatic heterocycles. The molecule has 0 aliphatic carbocycles. The molecule has 6 heteroatoms. The molecule has 0 bridgehead atoms. The second-order valence-electron chi connectivity index (χ2n) is 3.71. The Morgan fingerprint density at radius 2 is 2.28 bits per heavy atom. The van der Waals surface area contributed by atoms with Crippen molar-refractivity contribution < 1.29 is 14.3 Å². The number of esters is 1. The summed E-state index contributed by atoms with van der Waals surface area (Å²) in [4.78, 5) is 24.2. The van der Waals surface area contributed by atoms with Gasteiger partial charge in [0.15, 0.2) is 0 Å². The number of ether oxygens (including phenoxy) is 1. The SMILES string of the molecule is CCOC(=O)CN(C)C(=O)C=Cc1ccnn1C. The van der Waals surface area contributed by atoms with Crippen molar-refractivity contribution in [2.45, 2.75) is 6.92 Å². The second kappa shape index (κ2) is 6.58. The molecule has 0 aliphatic heterocycles. The van der Waals surface area contributed by atoms with Gasteiger partial charge in [0.25, 0.3) is 0 Å². The van der Waals surface area contributed by atoms with Crippen LogP contribution >= 0.6 is 0 Å². The van der Waals surface area contributed by atoms with Gasteiger partial charge in [0.05, 0.1) is 12.3 Å².